The van der Waals surface area contributed by atoms with Gasteiger partial charge in [0.15, 0.2) is 0 Å². The third-order valence-corrected chi connectivity index (χ3v) is 3.64. The summed E-state index contributed by atoms with van der Waals surface area (Å²) >= 11 is 6.64. The number of phenols is 1. The van der Waals surface area contributed by atoms with Crippen molar-refractivity contribution < 1.29 is 9.90 Å². The number of anilines is 1. The lowest BCUT2D eigenvalue weighted by molar-refractivity contribution is 0.102. The molecule has 0 aliphatic rings. The lowest BCUT2D eigenvalue weighted by Crippen LogP contribution is -2.13. The number of phenolic OH excluding ortho intramolecular Hbond substituents is 1. The van der Waals surface area contributed by atoms with Gasteiger partial charge >= 0.3 is 0 Å². The van der Waals surface area contributed by atoms with Gasteiger partial charge in [0.05, 0.1) is 5.56 Å². The maximum atomic E-state index is 12.1. The molecule has 0 saturated heterocycles. The Hall–Kier alpha value is -1.33. The fourth-order valence-corrected chi connectivity index (χ4v) is 2.33. The van der Waals surface area contributed by atoms with Crippen molar-refractivity contribution in [2.24, 2.45) is 0 Å². The molecule has 2 aromatic rings. The van der Waals surface area contributed by atoms with E-state index >= 15 is 0 Å². The second kappa shape index (κ2) is 5.75. The Morgan fingerprint density at radius 1 is 1.11 bits per heavy atom. The molecule has 0 atom stereocenters. The maximum absolute atomic E-state index is 12.1. The number of rotatable bonds is 2. The number of halogens is 2. The van der Waals surface area contributed by atoms with Gasteiger partial charge < -0.3 is 10.4 Å². The molecule has 0 bridgehead atoms. The quantitative estimate of drug-likeness (QED) is 0.801. The molecule has 2 N–H and O–H groups in total. The molecule has 3 nitrogen and oxygen atoms in total. The van der Waals surface area contributed by atoms with E-state index in [-0.39, 0.29) is 17.2 Å². The van der Waals surface area contributed by atoms with Gasteiger partial charge in [0.25, 0.3) is 5.91 Å². The normalized spacial score (nSPS) is 10.3. The second-order valence-corrected chi connectivity index (χ2v) is 5.91. The van der Waals surface area contributed by atoms with Crippen LogP contribution in [0.2, 0.25) is 0 Å². The average Bonchev–Trinajstić information content (AvgIpc) is 2.36. The average molecular weight is 385 g/mol. The summed E-state index contributed by atoms with van der Waals surface area (Å²) in [5, 5.41) is 12.5. The van der Waals surface area contributed by atoms with Gasteiger partial charge in [0.1, 0.15) is 5.75 Å². The van der Waals surface area contributed by atoms with Gasteiger partial charge in [-0.25, -0.2) is 0 Å². The van der Waals surface area contributed by atoms with E-state index in [1.807, 2.05) is 25.1 Å². The molecule has 2 rings (SSSR count). The van der Waals surface area contributed by atoms with Gasteiger partial charge in [-0.15, -0.1) is 0 Å². The van der Waals surface area contributed by atoms with Crippen LogP contribution in [0.4, 0.5) is 5.69 Å². The maximum Gasteiger partial charge on any atom is 0.259 e. The molecule has 0 aliphatic carbocycles. The lowest BCUT2D eigenvalue weighted by Gasteiger charge is -2.10. The summed E-state index contributed by atoms with van der Waals surface area (Å²) in [6, 6.07) is 10.4. The summed E-state index contributed by atoms with van der Waals surface area (Å²) in [6.45, 7) is 1.91. The summed E-state index contributed by atoms with van der Waals surface area (Å²) in [7, 11) is 0. The summed E-state index contributed by atoms with van der Waals surface area (Å²) in [5.41, 5.74) is 1.89. The number of aryl methyl sites for hydroxylation is 1. The highest BCUT2D eigenvalue weighted by Crippen LogP contribution is 2.25. The number of carbonyl (C=O) groups excluding carboxylic acids is 1. The Labute approximate surface area is 127 Å². The first-order valence-corrected chi connectivity index (χ1v) is 7.12. The molecule has 0 unspecified atom stereocenters. The first kappa shape index (κ1) is 14.1. The van der Waals surface area contributed by atoms with Crippen LogP contribution in [-0.4, -0.2) is 11.0 Å². The highest BCUT2D eigenvalue weighted by atomic mass is 79.9. The third kappa shape index (κ3) is 3.36. The van der Waals surface area contributed by atoms with Gasteiger partial charge in [-0.05, 0) is 42.8 Å². The largest absolute Gasteiger partial charge is 0.507 e. The SMILES string of the molecule is Cc1ccc(Br)cc1NC(=O)c1cc(Br)ccc1O. The minimum absolute atomic E-state index is 0.0478. The Morgan fingerprint density at radius 3 is 2.47 bits per heavy atom. The number of benzene rings is 2. The van der Waals surface area contributed by atoms with E-state index in [4.69, 9.17) is 0 Å². The van der Waals surface area contributed by atoms with Gasteiger partial charge in [0.2, 0.25) is 0 Å². The van der Waals surface area contributed by atoms with Crippen molar-refractivity contribution in [1.29, 1.82) is 0 Å². The first-order chi connectivity index (χ1) is 8.97. The van der Waals surface area contributed by atoms with Gasteiger partial charge in [-0.1, -0.05) is 37.9 Å². The van der Waals surface area contributed by atoms with Crippen LogP contribution in [0.3, 0.4) is 0 Å². The standard InChI is InChI=1S/C14H11Br2NO2/c1-8-2-3-10(16)7-12(8)17-14(19)11-6-9(15)4-5-13(11)18/h2-7,18H,1H3,(H,17,19). The molecule has 0 aromatic heterocycles. The summed E-state index contributed by atoms with van der Waals surface area (Å²) < 4.78 is 1.62. The van der Waals surface area contributed by atoms with E-state index in [0.29, 0.717) is 5.69 Å². The van der Waals surface area contributed by atoms with Crippen molar-refractivity contribution in [2.75, 3.05) is 5.32 Å². The molecule has 0 radical (unpaired) electrons. The van der Waals surface area contributed by atoms with Gasteiger partial charge in [-0.2, -0.15) is 0 Å². The van der Waals surface area contributed by atoms with Crippen LogP contribution in [0.5, 0.6) is 5.75 Å². The predicted octanol–water partition coefficient (Wildman–Crippen LogP) is 4.48. The zero-order chi connectivity index (χ0) is 14.0. The minimum atomic E-state index is -0.347. The second-order valence-electron chi connectivity index (χ2n) is 4.07. The van der Waals surface area contributed by atoms with Gasteiger partial charge in [-0.3, -0.25) is 4.79 Å². The number of nitrogens with one attached hydrogen (secondary N) is 1. The van der Waals surface area contributed by atoms with Crippen molar-refractivity contribution in [3.8, 4) is 5.75 Å². The number of carbonyl (C=O) groups is 1. The fraction of sp³-hybridized carbons (Fsp3) is 0.0714. The van der Waals surface area contributed by atoms with Crippen LogP contribution in [-0.2, 0) is 0 Å². The van der Waals surface area contributed by atoms with E-state index in [0.717, 1.165) is 14.5 Å². The van der Waals surface area contributed by atoms with Crippen molar-refractivity contribution in [3.63, 3.8) is 0 Å². The summed E-state index contributed by atoms with van der Waals surface area (Å²) in [5.74, 6) is -0.395. The van der Waals surface area contributed by atoms with Crippen molar-refractivity contribution >= 4 is 43.5 Å². The topological polar surface area (TPSA) is 49.3 Å². The Morgan fingerprint density at radius 2 is 1.74 bits per heavy atom. The van der Waals surface area contributed by atoms with Crippen molar-refractivity contribution in [3.05, 3.63) is 56.5 Å². The summed E-state index contributed by atoms with van der Waals surface area (Å²) in [4.78, 5) is 12.1. The monoisotopic (exact) mass is 383 g/mol. The minimum Gasteiger partial charge on any atom is -0.507 e. The Balaban J connectivity index is 2.30. The Kier molecular flexibility index (Phi) is 4.27. The molecule has 1 amide bonds. The smallest absolute Gasteiger partial charge is 0.259 e. The Bertz CT molecular complexity index is 641. The van der Waals surface area contributed by atoms with E-state index < -0.39 is 0 Å². The third-order valence-electron chi connectivity index (χ3n) is 2.65. The molecule has 0 aliphatic heterocycles. The molecular formula is C14H11Br2NO2. The van der Waals surface area contributed by atoms with Crippen LogP contribution in [0.15, 0.2) is 45.3 Å². The van der Waals surface area contributed by atoms with Crippen LogP contribution in [0, 0.1) is 6.92 Å². The van der Waals surface area contributed by atoms with Crippen LogP contribution < -0.4 is 5.32 Å². The molecule has 5 heteroatoms. The molecule has 0 spiro atoms. The van der Waals surface area contributed by atoms with Crippen molar-refractivity contribution in [2.45, 2.75) is 6.92 Å². The van der Waals surface area contributed by atoms with E-state index in [1.54, 1.807) is 12.1 Å². The molecule has 2 aromatic carbocycles. The van der Waals surface area contributed by atoms with Crippen molar-refractivity contribution in [1.82, 2.24) is 0 Å². The van der Waals surface area contributed by atoms with E-state index in [9.17, 15) is 9.90 Å². The number of amides is 1. The zero-order valence-corrected chi connectivity index (χ0v) is 13.2. The van der Waals surface area contributed by atoms with Crippen LogP contribution in [0.1, 0.15) is 15.9 Å². The van der Waals surface area contributed by atoms with Gasteiger partial charge in [0, 0.05) is 14.6 Å². The molecule has 0 heterocycles. The number of hydrogen-bond acceptors (Lipinski definition) is 2. The molecular weight excluding hydrogens is 374 g/mol. The van der Waals surface area contributed by atoms with Crippen LogP contribution in [0.25, 0.3) is 0 Å². The number of aromatic hydroxyl groups is 1. The first-order valence-electron chi connectivity index (χ1n) is 5.53. The van der Waals surface area contributed by atoms with E-state index in [1.165, 1.54) is 6.07 Å². The van der Waals surface area contributed by atoms with Crippen LogP contribution >= 0.6 is 31.9 Å². The number of hydrogen-bond donors (Lipinski definition) is 2. The van der Waals surface area contributed by atoms with E-state index in [2.05, 4.69) is 37.2 Å². The molecule has 0 saturated carbocycles. The summed E-state index contributed by atoms with van der Waals surface area (Å²) in [6.07, 6.45) is 0. The lowest BCUT2D eigenvalue weighted by atomic mass is 10.1. The molecule has 19 heavy (non-hydrogen) atoms. The predicted molar refractivity (Wildman–Crippen MR) is 82.6 cm³/mol. The fourth-order valence-electron chi connectivity index (χ4n) is 1.61. The highest BCUT2D eigenvalue weighted by Gasteiger charge is 2.13. The highest BCUT2D eigenvalue weighted by molar-refractivity contribution is 9.10. The molecule has 98 valence electrons. The molecule has 0 fully saturated rings. The zero-order valence-electron chi connectivity index (χ0n) is 10.1.